The number of benzene rings is 1. The summed E-state index contributed by atoms with van der Waals surface area (Å²) in [5, 5.41) is 4.40. The molecule has 4 rings (SSSR count). The first-order chi connectivity index (χ1) is 10.8. The third kappa shape index (κ3) is 2.24. The zero-order valence-electron chi connectivity index (χ0n) is 12.1. The van der Waals surface area contributed by atoms with Gasteiger partial charge in [-0.05, 0) is 30.0 Å². The first kappa shape index (κ1) is 13.0. The molecule has 0 unspecified atom stereocenters. The van der Waals surface area contributed by atoms with Crippen LogP contribution in [0.25, 0.3) is 0 Å². The maximum absolute atomic E-state index is 11.9. The van der Waals surface area contributed by atoms with E-state index >= 15 is 0 Å². The molecule has 0 fully saturated rings. The van der Waals surface area contributed by atoms with Gasteiger partial charge in [0.15, 0.2) is 0 Å². The van der Waals surface area contributed by atoms with Crippen LogP contribution in [0.4, 0.5) is 0 Å². The van der Waals surface area contributed by atoms with E-state index in [1.165, 1.54) is 11.1 Å². The van der Waals surface area contributed by atoms with Gasteiger partial charge in [-0.2, -0.15) is 5.10 Å². The van der Waals surface area contributed by atoms with Gasteiger partial charge in [0.25, 0.3) is 5.56 Å². The van der Waals surface area contributed by atoms with Crippen molar-refractivity contribution in [2.24, 2.45) is 0 Å². The van der Waals surface area contributed by atoms with Crippen LogP contribution in [0, 0.1) is 0 Å². The zero-order valence-corrected chi connectivity index (χ0v) is 12.1. The molecule has 0 amide bonds. The van der Waals surface area contributed by atoms with Gasteiger partial charge in [0.1, 0.15) is 12.2 Å². The Balaban J connectivity index is 1.62. The lowest BCUT2D eigenvalue weighted by Crippen LogP contribution is -2.22. The number of aromatic nitrogens is 4. The van der Waals surface area contributed by atoms with Crippen LogP contribution in [-0.4, -0.2) is 19.3 Å². The van der Waals surface area contributed by atoms with Gasteiger partial charge in [-0.15, -0.1) is 0 Å². The highest BCUT2D eigenvalue weighted by Crippen LogP contribution is 2.29. The summed E-state index contributed by atoms with van der Waals surface area (Å²) >= 11 is 0. The van der Waals surface area contributed by atoms with Crippen molar-refractivity contribution in [3.8, 4) is 0 Å². The average molecular weight is 292 g/mol. The molecular weight excluding hydrogens is 276 g/mol. The summed E-state index contributed by atoms with van der Waals surface area (Å²) in [4.78, 5) is 16.2. The maximum Gasteiger partial charge on any atom is 0.250 e. The number of nitrogens with zero attached hydrogens (tertiary/aromatic N) is 4. The molecule has 2 aromatic heterocycles. The van der Waals surface area contributed by atoms with E-state index < -0.39 is 0 Å². The summed E-state index contributed by atoms with van der Waals surface area (Å²) in [7, 11) is 0. The second-order valence-electron chi connectivity index (χ2n) is 5.62. The standard InChI is InChI=1S/C17H16N4O/c22-17-7-3-4-8-20(17)11-16-18-12-19-21(16)15-9-13-5-1-2-6-14(13)10-15/h1-8,12,15H,9-11H2. The summed E-state index contributed by atoms with van der Waals surface area (Å²) in [6, 6.07) is 14.0. The highest BCUT2D eigenvalue weighted by atomic mass is 16.1. The lowest BCUT2D eigenvalue weighted by atomic mass is 10.1. The highest BCUT2D eigenvalue weighted by molar-refractivity contribution is 5.32. The minimum Gasteiger partial charge on any atom is -0.308 e. The second-order valence-corrected chi connectivity index (χ2v) is 5.62. The van der Waals surface area contributed by atoms with Crippen LogP contribution in [0.15, 0.2) is 59.8 Å². The smallest absolute Gasteiger partial charge is 0.250 e. The molecule has 22 heavy (non-hydrogen) atoms. The molecule has 0 aliphatic heterocycles. The topological polar surface area (TPSA) is 52.7 Å². The van der Waals surface area contributed by atoms with Gasteiger partial charge in [0.05, 0.1) is 12.6 Å². The fourth-order valence-corrected chi connectivity index (χ4v) is 3.14. The van der Waals surface area contributed by atoms with Gasteiger partial charge in [-0.1, -0.05) is 30.3 Å². The summed E-state index contributed by atoms with van der Waals surface area (Å²) in [6.07, 6.45) is 5.30. The summed E-state index contributed by atoms with van der Waals surface area (Å²) < 4.78 is 3.63. The maximum atomic E-state index is 11.9. The molecule has 0 spiro atoms. The van der Waals surface area contributed by atoms with Crippen LogP contribution < -0.4 is 5.56 Å². The molecule has 110 valence electrons. The first-order valence-corrected chi connectivity index (χ1v) is 7.42. The normalized spacial score (nSPS) is 14.2. The van der Waals surface area contributed by atoms with Crippen molar-refractivity contribution < 1.29 is 0 Å². The van der Waals surface area contributed by atoms with Crippen molar-refractivity contribution in [2.45, 2.75) is 25.4 Å². The Morgan fingerprint density at radius 1 is 1.05 bits per heavy atom. The van der Waals surface area contributed by atoms with E-state index in [2.05, 4.69) is 34.3 Å². The summed E-state index contributed by atoms with van der Waals surface area (Å²) in [6.45, 7) is 0.451. The molecule has 0 saturated carbocycles. The largest absolute Gasteiger partial charge is 0.308 e. The molecule has 5 nitrogen and oxygen atoms in total. The van der Waals surface area contributed by atoms with Crippen LogP contribution in [0.1, 0.15) is 23.0 Å². The predicted molar refractivity (Wildman–Crippen MR) is 82.7 cm³/mol. The SMILES string of the molecule is O=c1ccccn1Cc1ncnn1C1Cc2ccccc2C1. The average Bonchev–Trinajstić information content (AvgIpc) is 3.15. The van der Waals surface area contributed by atoms with Crippen LogP contribution >= 0.6 is 0 Å². The van der Waals surface area contributed by atoms with Gasteiger partial charge in [-0.3, -0.25) is 4.79 Å². The number of rotatable bonds is 3. The third-order valence-corrected chi connectivity index (χ3v) is 4.23. The molecule has 1 aromatic carbocycles. The second kappa shape index (κ2) is 5.26. The Morgan fingerprint density at radius 3 is 2.50 bits per heavy atom. The zero-order chi connectivity index (χ0) is 14.9. The van der Waals surface area contributed by atoms with Crippen LogP contribution in [0.5, 0.6) is 0 Å². The van der Waals surface area contributed by atoms with E-state index in [1.807, 2.05) is 10.7 Å². The Morgan fingerprint density at radius 2 is 1.77 bits per heavy atom. The van der Waals surface area contributed by atoms with E-state index in [-0.39, 0.29) is 11.6 Å². The number of pyridine rings is 1. The summed E-state index contributed by atoms with van der Waals surface area (Å²) in [5.74, 6) is 0.825. The van der Waals surface area contributed by atoms with Crippen LogP contribution in [0.3, 0.4) is 0 Å². The molecule has 0 bridgehead atoms. The quantitative estimate of drug-likeness (QED) is 0.740. The van der Waals surface area contributed by atoms with Gasteiger partial charge >= 0.3 is 0 Å². The molecule has 5 heteroatoms. The molecule has 0 saturated heterocycles. The molecule has 3 aromatic rings. The molecule has 0 radical (unpaired) electrons. The van der Waals surface area contributed by atoms with Crippen molar-refractivity contribution >= 4 is 0 Å². The van der Waals surface area contributed by atoms with E-state index in [0.29, 0.717) is 6.54 Å². The van der Waals surface area contributed by atoms with Gasteiger partial charge < -0.3 is 4.57 Å². The van der Waals surface area contributed by atoms with Crippen molar-refractivity contribution in [3.63, 3.8) is 0 Å². The minimum absolute atomic E-state index is 0.0215. The molecule has 0 atom stereocenters. The molecular formula is C17H16N4O. The van der Waals surface area contributed by atoms with Crippen LogP contribution in [0.2, 0.25) is 0 Å². The van der Waals surface area contributed by atoms with Crippen LogP contribution in [-0.2, 0) is 19.4 Å². The fraction of sp³-hybridized carbons (Fsp3) is 0.235. The van der Waals surface area contributed by atoms with Gasteiger partial charge in [0, 0.05) is 12.3 Å². The Labute approximate surface area is 127 Å². The number of fused-ring (bicyclic) bond motifs is 1. The molecule has 1 aliphatic carbocycles. The predicted octanol–water partition coefficient (Wildman–Crippen LogP) is 1.83. The lowest BCUT2D eigenvalue weighted by Gasteiger charge is -2.13. The van der Waals surface area contributed by atoms with Gasteiger partial charge in [0.2, 0.25) is 0 Å². The highest BCUT2D eigenvalue weighted by Gasteiger charge is 2.25. The van der Waals surface area contributed by atoms with Gasteiger partial charge in [-0.25, -0.2) is 9.67 Å². The monoisotopic (exact) mass is 292 g/mol. The Bertz CT molecular complexity index is 840. The van der Waals surface area contributed by atoms with E-state index in [4.69, 9.17) is 0 Å². The van der Waals surface area contributed by atoms with E-state index in [1.54, 1.807) is 29.2 Å². The van der Waals surface area contributed by atoms with E-state index in [0.717, 1.165) is 18.7 Å². The number of hydrogen-bond acceptors (Lipinski definition) is 3. The first-order valence-electron chi connectivity index (χ1n) is 7.42. The Kier molecular flexibility index (Phi) is 3.11. The van der Waals surface area contributed by atoms with E-state index in [9.17, 15) is 4.79 Å². The lowest BCUT2D eigenvalue weighted by molar-refractivity contribution is 0.447. The molecule has 2 heterocycles. The minimum atomic E-state index is -0.0215. The third-order valence-electron chi connectivity index (χ3n) is 4.23. The number of hydrogen-bond donors (Lipinski definition) is 0. The van der Waals surface area contributed by atoms with Crippen molar-refractivity contribution in [1.29, 1.82) is 0 Å². The Hall–Kier alpha value is -2.69. The summed E-state index contributed by atoms with van der Waals surface area (Å²) in [5.41, 5.74) is 2.74. The van der Waals surface area contributed by atoms with Crippen molar-refractivity contribution in [1.82, 2.24) is 19.3 Å². The molecule has 1 aliphatic rings. The molecule has 0 N–H and O–H groups in total. The fourth-order valence-electron chi connectivity index (χ4n) is 3.14. The van der Waals surface area contributed by atoms with Crippen molar-refractivity contribution in [3.05, 3.63) is 82.3 Å². The van der Waals surface area contributed by atoms with Crippen molar-refractivity contribution in [2.75, 3.05) is 0 Å².